The van der Waals surface area contributed by atoms with Crippen LogP contribution >= 0.6 is 0 Å². The summed E-state index contributed by atoms with van der Waals surface area (Å²) in [6, 6.07) is 20.1. The van der Waals surface area contributed by atoms with Crippen LogP contribution in [-0.2, 0) is 4.79 Å². The van der Waals surface area contributed by atoms with Crippen molar-refractivity contribution in [1.82, 2.24) is 0 Å². The average Bonchev–Trinajstić information content (AvgIpc) is 2.58. The smallest absolute Gasteiger partial charge is 0.250 e. The molecule has 3 nitrogen and oxygen atoms in total. The lowest BCUT2D eigenvalue weighted by Gasteiger charge is -2.13. The van der Waals surface area contributed by atoms with E-state index in [-0.39, 0.29) is 5.91 Å². The lowest BCUT2D eigenvalue weighted by Crippen LogP contribution is -2.11. The van der Waals surface area contributed by atoms with Crippen LogP contribution in [0, 0.1) is 13.8 Å². The summed E-state index contributed by atoms with van der Waals surface area (Å²) in [5, 5.41) is 8.45. The highest BCUT2D eigenvalue weighted by Crippen LogP contribution is 2.23. The van der Waals surface area contributed by atoms with Crippen molar-refractivity contribution in [2.24, 2.45) is 0 Å². The van der Waals surface area contributed by atoms with Gasteiger partial charge in [-0.25, -0.2) is 0 Å². The maximum atomic E-state index is 12.4. The molecule has 1 amide bonds. The second-order valence-electron chi connectivity index (χ2n) is 6.24. The Morgan fingerprint density at radius 3 is 2.24 bits per heavy atom. The van der Waals surface area contributed by atoms with Gasteiger partial charge in [0, 0.05) is 28.5 Å². The highest BCUT2D eigenvalue weighted by atomic mass is 16.1. The summed E-state index contributed by atoms with van der Waals surface area (Å²) >= 11 is 0. The molecule has 3 aromatic rings. The molecule has 0 heterocycles. The minimum Gasteiger partial charge on any atom is -0.359 e. The van der Waals surface area contributed by atoms with Gasteiger partial charge in [0.15, 0.2) is 0 Å². The highest BCUT2D eigenvalue weighted by molar-refractivity contribution is 6.06. The molecular formula is C22H22N2O. The summed E-state index contributed by atoms with van der Waals surface area (Å²) < 4.78 is 0. The van der Waals surface area contributed by atoms with Crippen LogP contribution in [0.3, 0.4) is 0 Å². The predicted molar refractivity (Wildman–Crippen MR) is 106 cm³/mol. The summed E-state index contributed by atoms with van der Waals surface area (Å²) in [6.45, 7) is 6.01. The van der Waals surface area contributed by atoms with Crippen LogP contribution in [0.2, 0.25) is 0 Å². The molecule has 3 aromatic carbocycles. The number of hydrogen-bond donors (Lipinski definition) is 2. The van der Waals surface area contributed by atoms with E-state index in [1.807, 2.05) is 55.5 Å². The number of benzene rings is 3. The Bertz CT molecular complexity index is 932. The number of nitrogens with one attached hydrogen (secondary N) is 2. The quantitative estimate of drug-likeness (QED) is 0.628. The molecule has 2 N–H and O–H groups in total. The Labute approximate surface area is 148 Å². The van der Waals surface area contributed by atoms with Crippen molar-refractivity contribution in [1.29, 1.82) is 0 Å². The van der Waals surface area contributed by atoms with Gasteiger partial charge in [0.1, 0.15) is 0 Å². The number of rotatable bonds is 4. The third-order valence-electron chi connectivity index (χ3n) is 4.20. The van der Waals surface area contributed by atoms with Gasteiger partial charge in [-0.15, -0.1) is 0 Å². The van der Waals surface area contributed by atoms with Crippen LogP contribution in [0.15, 0.2) is 72.4 Å². The fraction of sp³-hybridized carbons (Fsp3) is 0.136. The number of fused-ring (bicyclic) bond motifs is 1. The Hall–Kier alpha value is -3.07. The van der Waals surface area contributed by atoms with Crippen LogP contribution in [0.25, 0.3) is 10.8 Å². The van der Waals surface area contributed by atoms with Gasteiger partial charge < -0.3 is 10.6 Å². The summed E-state index contributed by atoms with van der Waals surface area (Å²) in [5.41, 5.74) is 4.98. The summed E-state index contributed by atoms with van der Waals surface area (Å²) in [5.74, 6) is -0.146. The molecule has 3 rings (SSSR count). The maximum Gasteiger partial charge on any atom is 0.250 e. The van der Waals surface area contributed by atoms with Crippen molar-refractivity contribution in [3.63, 3.8) is 0 Å². The number of aryl methyl sites for hydroxylation is 2. The molecule has 0 spiro atoms. The fourth-order valence-corrected chi connectivity index (χ4v) is 2.94. The lowest BCUT2D eigenvalue weighted by molar-refractivity contribution is -0.111. The van der Waals surface area contributed by atoms with Crippen molar-refractivity contribution in [3.8, 4) is 0 Å². The monoisotopic (exact) mass is 330 g/mol. The van der Waals surface area contributed by atoms with Gasteiger partial charge >= 0.3 is 0 Å². The normalized spacial score (nSPS) is 11.4. The topological polar surface area (TPSA) is 41.1 Å². The Morgan fingerprint density at radius 2 is 1.48 bits per heavy atom. The van der Waals surface area contributed by atoms with E-state index in [2.05, 4.69) is 36.6 Å². The largest absolute Gasteiger partial charge is 0.359 e. The molecule has 0 aliphatic rings. The number of carbonyl (C=O) groups is 1. The van der Waals surface area contributed by atoms with Crippen LogP contribution in [0.1, 0.15) is 18.1 Å². The van der Waals surface area contributed by atoms with Gasteiger partial charge in [0.05, 0.1) is 0 Å². The molecule has 0 aliphatic heterocycles. The Kier molecular flexibility index (Phi) is 4.85. The number of carbonyl (C=O) groups excluding carboxylic acids is 1. The first-order valence-corrected chi connectivity index (χ1v) is 8.35. The van der Waals surface area contributed by atoms with Gasteiger partial charge in [0.2, 0.25) is 5.91 Å². The molecule has 3 heteroatoms. The van der Waals surface area contributed by atoms with E-state index >= 15 is 0 Å². The molecule has 0 unspecified atom stereocenters. The number of para-hydroxylation sites is 1. The summed E-state index contributed by atoms with van der Waals surface area (Å²) in [6.07, 6.45) is 1.59. The second kappa shape index (κ2) is 7.22. The van der Waals surface area contributed by atoms with Crippen LogP contribution in [0.5, 0.6) is 0 Å². The van der Waals surface area contributed by atoms with Gasteiger partial charge in [-0.3, -0.25) is 4.79 Å². The van der Waals surface area contributed by atoms with Crippen molar-refractivity contribution in [2.75, 3.05) is 10.6 Å². The number of anilines is 2. The Balaban J connectivity index is 1.78. The molecule has 0 saturated heterocycles. The molecule has 0 saturated carbocycles. The zero-order chi connectivity index (χ0) is 17.8. The van der Waals surface area contributed by atoms with Gasteiger partial charge in [-0.1, -0.05) is 54.6 Å². The molecule has 0 fully saturated rings. The molecule has 126 valence electrons. The second-order valence-corrected chi connectivity index (χ2v) is 6.24. The lowest BCUT2D eigenvalue weighted by atomic mass is 10.1. The molecule has 0 aromatic heterocycles. The van der Waals surface area contributed by atoms with Crippen molar-refractivity contribution in [2.45, 2.75) is 20.8 Å². The minimum atomic E-state index is -0.146. The first-order chi connectivity index (χ1) is 12.0. The maximum absolute atomic E-state index is 12.4. The van der Waals surface area contributed by atoms with E-state index < -0.39 is 0 Å². The third kappa shape index (κ3) is 3.89. The first kappa shape index (κ1) is 16.8. The standard InChI is InChI=1S/C22H22N2O/c1-15-8-6-9-16(2)22(15)23-17(3)14-21(25)24-20-13-7-11-18-10-4-5-12-19(18)20/h4-14,23H,1-3H3,(H,24,25)/b17-14-. The molecule has 0 bridgehead atoms. The van der Waals surface area contributed by atoms with Gasteiger partial charge in [-0.2, -0.15) is 0 Å². The third-order valence-corrected chi connectivity index (χ3v) is 4.20. The summed E-state index contributed by atoms with van der Waals surface area (Å²) in [4.78, 5) is 12.4. The van der Waals surface area contributed by atoms with Crippen LogP contribution in [-0.4, -0.2) is 5.91 Å². The van der Waals surface area contributed by atoms with E-state index in [1.54, 1.807) is 6.08 Å². The molecule has 0 aliphatic carbocycles. The van der Waals surface area contributed by atoms with E-state index in [9.17, 15) is 4.79 Å². The van der Waals surface area contributed by atoms with Crippen LogP contribution in [0.4, 0.5) is 11.4 Å². The minimum absolute atomic E-state index is 0.146. The molecule has 25 heavy (non-hydrogen) atoms. The van der Waals surface area contributed by atoms with Gasteiger partial charge in [0.25, 0.3) is 0 Å². The Morgan fingerprint density at radius 1 is 0.840 bits per heavy atom. The number of amides is 1. The average molecular weight is 330 g/mol. The van der Waals surface area contributed by atoms with E-state index in [4.69, 9.17) is 0 Å². The van der Waals surface area contributed by atoms with Crippen molar-refractivity contribution < 1.29 is 4.79 Å². The van der Waals surface area contributed by atoms with Crippen molar-refractivity contribution >= 4 is 28.1 Å². The molecular weight excluding hydrogens is 308 g/mol. The zero-order valence-electron chi connectivity index (χ0n) is 14.8. The van der Waals surface area contributed by atoms with E-state index in [0.717, 1.165) is 39.0 Å². The molecule has 0 atom stereocenters. The van der Waals surface area contributed by atoms with Crippen LogP contribution < -0.4 is 10.6 Å². The first-order valence-electron chi connectivity index (χ1n) is 8.35. The van der Waals surface area contributed by atoms with Gasteiger partial charge in [-0.05, 0) is 43.4 Å². The highest BCUT2D eigenvalue weighted by Gasteiger charge is 2.06. The van der Waals surface area contributed by atoms with E-state index in [0.29, 0.717) is 0 Å². The van der Waals surface area contributed by atoms with Crippen molar-refractivity contribution in [3.05, 3.63) is 83.6 Å². The van der Waals surface area contributed by atoms with E-state index in [1.165, 1.54) is 0 Å². The fourth-order valence-electron chi connectivity index (χ4n) is 2.94. The predicted octanol–water partition coefficient (Wildman–Crippen LogP) is 5.41. The molecule has 0 radical (unpaired) electrons. The summed E-state index contributed by atoms with van der Waals surface area (Å²) in [7, 11) is 0. The number of hydrogen-bond acceptors (Lipinski definition) is 2. The SMILES string of the molecule is C/C(=C/C(=O)Nc1cccc2ccccc12)Nc1c(C)cccc1C. The zero-order valence-corrected chi connectivity index (χ0v) is 14.8. The number of allylic oxidation sites excluding steroid dienone is 1.